The molecule has 1 fully saturated rings. The number of benzene rings is 1. The Morgan fingerprint density at radius 3 is 2.52 bits per heavy atom. The Morgan fingerprint density at radius 1 is 1.19 bits per heavy atom. The van der Waals surface area contributed by atoms with Gasteiger partial charge in [-0.25, -0.2) is 0 Å². The largest absolute Gasteiger partial charge is 0.345 e. The van der Waals surface area contributed by atoms with Crippen molar-refractivity contribution in [2.45, 2.75) is 45.1 Å². The van der Waals surface area contributed by atoms with Crippen molar-refractivity contribution >= 4 is 11.8 Å². The Kier molecular flexibility index (Phi) is 5.78. The maximum absolute atomic E-state index is 12.1. The highest BCUT2D eigenvalue weighted by molar-refractivity contribution is 5.87. The molecule has 2 rings (SSSR count). The smallest absolute Gasteiger partial charge is 0.244 e. The van der Waals surface area contributed by atoms with Crippen LogP contribution < -0.4 is 5.32 Å². The third kappa shape index (κ3) is 4.88. The van der Waals surface area contributed by atoms with Crippen molar-refractivity contribution in [2.24, 2.45) is 0 Å². The Balaban J connectivity index is 1.67. The van der Waals surface area contributed by atoms with Crippen molar-refractivity contribution in [3.05, 3.63) is 35.9 Å². The minimum absolute atomic E-state index is 0.0361. The van der Waals surface area contributed by atoms with Gasteiger partial charge in [0.05, 0.1) is 0 Å². The molecule has 21 heavy (non-hydrogen) atoms. The van der Waals surface area contributed by atoms with E-state index in [1.165, 1.54) is 5.56 Å². The number of hydrogen-bond acceptors (Lipinski definition) is 2. The second kappa shape index (κ2) is 7.81. The van der Waals surface area contributed by atoms with Crippen LogP contribution in [0.2, 0.25) is 0 Å². The summed E-state index contributed by atoms with van der Waals surface area (Å²) < 4.78 is 0. The quantitative estimate of drug-likeness (QED) is 0.872. The molecule has 1 unspecified atom stereocenters. The third-order valence-electron chi connectivity index (χ3n) is 3.88. The van der Waals surface area contributed by atoms with Crippen molar-refractivity contribution in [3.63, 3.8) is 0 Å². The van der Waals surface area contributed by atoms with Crippen molar-refractivity contribution < 1.29 is 9.59 Å². The highest BCUT2D eigenvalue weighted by Gasteiger charge is 2.23. The molecule has 1 aliphatic heterocycles. The van der Waals surface area contributed by atoms with Gasteiger partial charge in [0.15, 0.2) is 0 Å². The summed E-state index contributed by atoms with van der Waals surface area (Å²) in [5.74, 6) is 0.00916. The average molecular weight is 288 g/mol. The van der Waals surface area contributed by atoms with E-state index < -0.39 is 6.04 Å². The fourth-order valence-corrected chi connectivity index (χ4v) is 2.68. The van der Waals surface area contributed by atoms with Crippen LogP contribution in [0.4, 0.5) is 0 Å². The van der Waals surface area contributed by atoms with Gasteiger partial charge in [-0.05, 0) is 38.2 Å². The third-order valence-corrected chi connectivity index (χ3v) is 3.88. The van der Waals surface area contributed by atoms with Crippen LogP contribution >= 0.6 is 0 Å². The van der Waals surface area contributed by atoms with E-state index in [-0.39, 0.29) is 11.8 Å². The molecule has 114 valence electrons. The summed E-state index contributed by atoms with van der Waals surface area (Å²) in [6.45, 7) is 3.43. The Bertz CT molecular complexity index is 467. The lowest BCUT2D eigenvalue weighted by Crippen LogP contribution is -2.45. The first kappa shape index (κ1) is 15.5. The lowest BCUT2D eigenvalue weighted by molar-refractivity contribution is -0.135. The van der Waals surface area contributed by atoms with Gasteiger partial charge in [-0.3, -0.25) is 9.59 Å². The van der Waals surface area contributed by atoms with E-state index in [0.29, 0.717) is 6.42 Å². The Hall–Kier alpha value is -1.84. The summed E-state index contributed by atoms with van der Waals surface area (Å²) >= 11 is 0. The number of nitrogens with zero attached hydrogens (tertiary/aromatic N) is 1. The average Bonchev–Trinajstić information content (AvgIpc) is 3.01. The van der Waals surface area contributed by atoms with Crippen LogP contribution in [-0.2, 0) is 16.0 Å². The van der Waals surface area contributed by atoms with Crippen molar-refractivity contribution in [2.75, 3.05) is 13.1 Å². The maximum Gasteiger partial charge on any atom is 0.244 e. The zero-order valence-electron chi connectivity index (χ0n) is 12.7. The topological polar surface area (TPSA) is 49.4 Å². The first-order chi connectivity index (χ1) is 10.2. The van der Waals surface area contributed by atoms with Crippen LogP contribution in [0.3, 0.4) is 0 Å². The van der Waals surface area contributed by atoms with Gasteiger partial charge in [-0.15, -0.1) is 0 Å². The molecule has 1 heterocycles. The molecule has 1 N–H and O–H groups in total. The zero-order valence-corrected chi connectivity index (χ0v) is 12.7. The van der Waals surface area contributed by atoms with Crippen LogP contribution in [-0.4, -0.2) is 35.8 Å². The zero-order chi connectivity index (χ0) is 15.1. The number of nitrogens with one attached hydrogen (secondary N) is 1. The number of carbonyl (C=O) groups excluding carboxylic acids is 2. The van der Waals surface area contributed by atoms with Gasteiger partial charge in [0, 0.05) is 19.5 Å². The van der Waals surface area contributed by atoms with E-state index in [4.69, 9.17) is 0 Å². The van der Waals surface area contributed by atoms with Crippen LogP contribution in [0.5, 0.6) is 0 Å². The number of rotatable bonds is 6. The van der Waals surface area contributed by atoms with Gasteiger partial charge in [-0.1, -0.05) is 30.3 Å². The van der Waals surface area contributed by atoms with E-state index in [9.17, 15) is 9.59 Å². The monoisotopic (exact) mass is 288 g/mol. The molecular formula is C17H24N2O2. The van der Waals surface area contributed by atoms with Crippen molar-refractivity contribution in [1.29, 1.82) is 0 Å². The molecule has 1 aliphatic rings. The predicted molar refractivity (Wildman–Crippen MR) is 82.8 cm³/mol. The SMILES string of the molecule is CC(NC(=O)CCCc1ccccc1)C(=O)N1CCCC1. The molecule has 0 saturated carbocycles. The number of amides is 2. The molecule has 0 radical (unpaired) electrons. The number of aryl methyl sites for hydroxylation is 1. The lowest BCUT2D eigenvalue weighted by atomic mass is 10.1. The number of likely N-dealkylation sites (tertiary alicyclic amines) is 1. The molecule has 2 amide bonds. The van der Waals surface area contributed by atoms with Crippen molar-refractivity contribution in [3.8, 4) is 0 Å². The molecule has 0 aliphatic carbocycles. The maximum atomic E-state index is 12.1. The van der Waals surface area contributed by atoms with E-state index in [1.807, 2.05) is 23.1 Å². The molecular weight excluding hydrogens is 264 g/mol. The van der Waals surface area contributed by atoms with Gasteiger partial charge in [0.2, 0.25) is 11.8 Å². The van der Waals surface area contributed by atoms with Crippen LogP contribution in [0.25, 0.3) is 0 Å². The summed E-state index contributed by atoms with van der Waals surface area (Å²) in [6.07, 6.45) is 4.31. The summed E-state index contributed by atoms with van der Waals surface area (Å²) in [6, 6.07) is 9.72. The molecule has 1 aromatic carbocycles. The van der Waals surface area contributed by atoms with Gasteiger partial charge in [-0.2, -0.15) is 0 Å². The van der Waals surface area contributed by atoms with Crippen LogP contribution in [0, 0.1) is 0 Å². The summed E-state index contributed by atoms with van der Waals surface area (Å²) in [5, 5.41) is 2.81. The van der Waals surface area contributed by atoms with E-state index in [1.54, 1.807) is 6.92 Å². The second-order valence-electron chi connectivity index (χ2n) is 5.66. The highest BCUT2D eigenvalue weighted by Crippen LogP contribution is 2.09. The molecule has 4 heteroatoms. The minimum atomic E-state index is -0.410. The number of hydrogen-bond donors (Lipinski definition) is 1. The van der Waals surface area contributed by atoms with Crippen molar-refractivity contribution in [1.82, 2.24) is 10.2 Å². The first-order valence-corrected chi connectivity index (χ1v) is 7.79. The van der Waals surface area contributed by atoms with Gasteiger partial charge < -0.3 is 10.2 Å². The molecule has 0 aromatic heterocycles. The summed E-state index contributed by atoms with van der Waals surface area (Å²) in [7, 11) is 0. The normalized spacial score (nSPS) is 15.8. The predicted octanol–water partition coefficient (Wildman–Crippen LogP) is 2.14. The molecule has 0 bridgehead atoms. The molecule has 0 spiro atoms. The van der Waals surface area contributed by atoms with E-state index in [0.717, 1.165) is 38.8 Å². The summed E-state index contributed by atoms with van der Waals surface area (Å²) in [5.41, 5.74) is 1.24. The minimum Gasteiger partial charge on any atom is -0.345 e. The molecule has 1 aromatic rings. The standard InChI is InChI=1S/C17H24N2O2/c1-14(17(21)19-12-5-6-13-19)18-16(20)11-7-10-15-8-3-2-4-9-15/h2-4,8-9,14H,5-7,10-13H2,1H3,(H,18,20). The van der Waals surface area contributed by atoms with Gasteiger partial charge in [0.25, 0.3) is 0 Å². The fraction of sp³-hybridized carbons (Fsp3) is 0.529. The van der Waals surface area contributed by atoms with Gasteiger partial charge in [0.1, 0.15) is 6.04 Å². The highest BCUT2D eigenvalue weighted by atomic mass is 16.2. The second-order valence-corrected chi connectivity index (χ2v) is 5.66. The summed E-state index contributed by atoms with van der Waals surface area (Å²) in [4.78, 5) is 25.8. The van der Waals surface area contributed by atoms with Crippen LogP contribution in [0.15, 0.2) is 30.3 Å². The first-order valence-electron chi connectivity index (χ1n) is 7.79. The molecule has 4 nitrogen and oxygen atoms in total. The van der Waals surface area contributed by atoms with Crippen LogP contribution in [0.1, 0.15) is 38.2 Å². The Labute approximate surface area is 126 Å². The van der Waals surface area contributed by atoms with E-state index in [2.05, 4.69) is 17.4 Å². The molecule has 1 saturated heterocycles. The Morgan fingerprint density at radius 2 is 1.86 bits per heavy atom. The molecule has 1 atom stereocenters. The lowest BCUT2D eigenvalue weighted by Gasteiger charge is -2.21. The fourth-order valence-electron chi connectivity index (χ4n) is 2.68. The number of carbonyl (C=O) groups is 2. The van der Waals surface area contributed by atoms with E-state index >= 15 is 0 Å². The van der Waals surface area contributed by atoms with Gasteiger partial charge >= 0.3 is 0 Å².